The molecular formula is C18H17N3O2. The fourth-order valence-electron chi connectivity index (χ4n) is 2.45. The van der Waals surface area contributed by atoms with Crippen molar-refractivity contribution < 1.29 is 9.59 Å². The molecule has 3 aromatic rings. The number of hydrogen-bond acceptors (Lipinski definition) is 2. The number of para-hydroxylation sites is 1. The standard InChI is InChI=1S/C18H17N3O2/c1-21-15-10-6-5-9-14(15)11-16(21)20-17(22)12-19-18(23)13-7-3-2-4-8-13/h2-11H,12H2,1H3,(H,19,23)(H,20,22). The number of aromatic nitrogens is 1. The zero-order valence-corrected chi connectivity index (χ0v) is 12.7. The quantitative estimate of drug-likeness (QED) is 0.778. The number of fused-ring (bicyclic) bond motifs is 1. The van der Waals surface area contributed by atoms with Crippen molar-refractivity contribution >= 4 is 28.5 Å². The molecule has 0 saturated heterocycles. The lowest BCUT2D eigenvalue weighted by Crippen LogP contribution is -2.33. The molecule has 1 heterocycles. The van der Waals surface area contributed by atoms with Crippen molar-refractivity contribution in [3.05, 3.63) is 66.2 Å². The maximum Gasteiger partial charge on any atom is 0.251 e. The first-order valence-corrected chi connectivity index (χ1v) is 7.33. The average Bonchev–Trinajstić information content (AvgIpc) is 2.90. The van der Waals surface area contributed by atoms with Gasteiger partial charge in [-0.15, -0.1) is 0 Å². The van der Waals surface area contributed by atoms with Gasteiger partial charge in [0.1, 0.15) is 5.82 Å². The van der Waals surface area contributed by atoms with Crippen molar-refractivity contribution in [2.24, 2.45) is 7.05 Å². The van der Waals surface area contributed by atoms with E-state index in [4.69, 9.17) is 0 Å². The lowest BCUT2D eigenvalue weighted by molar-refractivity contribution is -0.115. The number of benzene rings is 2. The Balaban J connectivity index is 1.63. The monoisotopic (exact) mass is 307 g/mol. The molecule has 0 bridgehead atoms. The molecule has 23 heavy (non-hydrogen) atoms. The number of nitrogens with zero attached hydrogens (tertiary/aromatic N) is 1. The van der Waals surface area contributed by atoms with Gasteiger partial charge in [-0.05, 0) is 24.3 Å². The van der Waals surface area contributed by atoms with E-state index in [1.165, 1.54) is 0 Å². The molecule has 0 fully saturated rings. The van der Waals surface area contributed by atoms with E-state index in [1.807, 2.05) is 48.0 Å². The Bertz CT molecular complexity index is 853. The minimum absolute atomic E-state index is 0.0742. The van der Waals surface area contributed by atoms with Crippen LogP contribution in [0.3, 0.4) is 0 Å². The van der Waals surface area contributed by atoms with E-state index < -0.39 is 0 Å². The molecule has 0 aliphatic rings. The molecule has 3 rings (SSSR count). The number of carbonyl (C=O) groups excluding carboxylic acids is 2. The van der Waals surface area contributed by atoms with Crippen LogP contribution in [0.2, 0.25) is 0 Å². The van der Waals surface area contributed by atoms with E-state index in [-0.39, 0.29) is 18.4 Å². The van der Waals surface area contributed by atoms with Crippen molar-refractivity contribution in [2.45, 2.75) is 0 Å². The molecule has 0 radical (unpaired) electrons. The lowest BCUT2D eigenvalue weighted by atomic mass is 10.2. The molecule has 2 amide bonds. The van der Waals surface area contributed by atoms with Gasteiger partial charge in [0.2, 0.25) is 5.91 Å². The maximum atomic E-state index is 12.0. The predicted molar refractivity (Wildman–Crippen MR) is 90.3 cm³/mol. The van der Waals surface area contributed by atoms with Crippen LogP contribution in [-0.2, 0) is 11.8 Å². The first kappa shape index (κ1) is 14.8. The highest BCUT2D eigenvalue weighted by Crippen LogP contribution is 2.21. The smallest absolute Gasteiger partial charge is 0.251 e. The fraction of sp³-hybridized carbons (Fsp3) is 0.111. The Morgan fingerprint density at radius 2 is 1.70 bits per heavy atom. The second kappa shape index (κ2) is 6.36. The van der Waals surface area contributed by atoms with Crippen LogP contribution in [0, 0.1) is 0 Å². The van der Waals surface area contributed by atoms with Gasteiger partial charge >= 0.3 is 0 Å². The maximum absolute atomic E-state index is 12.0. The Labute approximate surface area is 133 Å². The van der Waals surface area contributed by atoms with Crippen molar-refractivity contribution in [2.75, 3.05) is 11.9 Å². The van der Waals surface area contributed by atoms with Gasteiger partial charge in [0.15, 0.2) is 0 Å². The molecule has 5 nitrogen and oxygen atoms in total. The number of aryl methyl sites for hydroxylation is 1. The van der Waals surface area contributed by atoms with Crippen LogP contribution in [0.5, 0.6) is 0 Å². The predicted octanol–water partition coefficient (Wildman–Crippen LogP) is 2.55. The minimum Gasteiger partial charge on any atom is -0.343 e. The Kier molecular flexibility index (Phi) is 4.10. The van der Waals surface area contributed by atoms with Crippen LogP contribution in [0.15, 0.2) is 60.7 Å². The number of anilines is 1. The number of nitrogens with one attached hydrogen (secondary N) is 2. The third kappa shape index (κ3) is 3.23. The molecule has 0 atom stereocenters. The number of amides is 2. The summed E-state index contributed by atoms with van der Waals surface area (Å²) >= 11 is 0. The van der Waals surface area contributed by atoms with E-state index in [9.17, 15) is 9.59 Å². The molecule has 2 aromatic carbocycles. The second-order valence-electron chi connectivity index (χ2n) is 5.24. The van der Waals surface area contributed by atoms with Gasteiger partial charge in [0.25, 0.3) is 5.91 Å². The van der Waals surface area contributed by atoms with Crippen LogP contribution in [0.4, 0.5) is 5.82 Å². The highest BCUT2D eigenvalue weighted by atomic mass is 16.2. The molecule has 1 aromatic heterocycles. The van der Waals surface area contributed by atoms with Crippen LogP contribution >= 0.6 is 0 Å². The number of rotatable bonds is 4. The first-order chi connectivity index (χ1) is 11.1. The highest BCUT2D eigenvalue weighted by molar-refractivity contribution is 6.00. The van der Waals surface area contributed by atoms with E-state index in [0.717, 1.165) is 10.9 Å². The van der Waals surface area contributed by atoms with Gasteiger partial charge in [-0.2, -0.15) is 0 Å². The number of carbonyl (C=O) groups is 2. The largest absolute Gasteiger partial charge is 0.343 e. The third-order valence-electron chi connectivity index (χ3n) is 3.66. The summed E-state index contributed by atoms with van der Waals surface area (Å²) in [5, 5.41) is 6.48. The molecule has 5 heteroatoms. The summed E-state index contributed by atoms with van der Waals surface area (Å²) in [6.07, 6.45) is 0. The summed E-state index contributed by atoms with van der Waals surface area (Å²) in [7, 11) is 1.89. The summed E-state index contributed by atoms with van der Waals surface area (Å²) in [5.74, 6) is 0.170. The zero-order valence-electron chi connectivity index (χ0n) is 12.7. The first-order valence-electron chi connectivity index (χ1n) is 7.33. The molecule has 2 N–H and O–H groups in total. The summed E-state index contributed by atoms with van der Waals surface area (Å²) in [6, 6.07) is 18.6. The molecule has 0 saturated carbocycles. The van der Waals surface area contributed by atoms with Crippen LogP contribution < -0.4 is 10.6 Å². The van der Waals surface area contributed by atoms with Crippen LogP contribution in [0.25, 0.3) is 10.9 Å². The zero-order chi connectivity index (χ0) is 16.2. The van der Waals surface area contributed by atoms with Gasteiger partial charge in [-0.25, -0.2) is 0 Å². The van der Waals surface area contributed by atoms with Crippen LogP contribution in [0.1, 0.15) is 10.4 Å². The van der Waals surface area contributed by atoms with Gasteiger partial charge in [0.05, 0.1) is 6.54 Å². The van der Waals surface area contributed by atoms with E-state index in [2.05, 4.69) is 10.6 Å². The molecule has 0 spiro atoms. The van der Waals surface area contributed by atoms with E-state index >= 15 is 0 Å². The Morgan fingerprint density at radius 3 is 2.43 bits per heavy atom. The topological polar surface area (TPSA) is 63.1 Å². The molecular weight excluding hydrogens is 290 g/mol. The van der Waals surface area contributed by atoms with Crippen molar-refractivity contribution in [3.63, 3.8) is 0 Å². The Hall–Kier alpha value is -3.08. The summed E-state index contributed by atoms with van der Waals surface area (Å²) in [5.41, 5.74) is 1.57. The fourth-order valence-corrected chi connectivity index (χ4v) is 2.45. The van der Waals surface area contributed by atoms with Crippen molar-refractivity contribution in [1.82, 2.24) is 9.88 Å². The van der Waals surface area contributed by atoms with E-state index in [0.29, 0.717) is 11.4 Å². The SMILES string of the molecule is Cn1c(NC(=O)CNC(=O)c2ccccc2)cc2ccccc21. The van der Waals surface area contributed by atoms with Crippen LogP contribution in [-0.4, -0.2) is 22.9 Å². The van der Waals surface area contributed by atoms with Gasteiger partial charge in [-0.3, -0.25) is 9.59 Å². The summed E-state index contributed by atoms with van der Waals surface area (Å²) in [4.78, 5) is 24.0. The summed E-state index contributed by atoms with van der Waals surface area (Å²) in [6.45, 7) is -0.0742. The van der Waals surface area contributed by atoms with Gasteiger partial charge in [0, 0.05) is 23.5 Å². The minimum atomic E-state index is -0.266. The highest BCUT2D eigenvalue weighted by Gasteiger charge is 2.10. The molecule has 0 unspecified atom stereocenters. The van der Waals surface area contributed by atoms with Gasteiger partial charge < -0.3 is 15.2 Å². The van der Waals surface area contributed by atoms with E-state index in [1.54, 1.807) is 24.3 Å². The molecule has 0 aliphatic carbocycles. The Morgan fingerprint density at radius 1 is 1.00 bits per heavy atom. The third-order valence-corrected chi connectivity index (χ3v) is 3.66. The molecule has 0 aliphatic heterocycles. The normalized spacial score (nSPS) is 10.5. The average molecular weight is 307 g/mol. The van der Waals surface area contributed by atoms with Crippen molar-refractivity contribution in [1.29, 1.82) is 0 Å². The molecule has 116 valence electrons. The number of hydrogen-bond donors (Lipinski definition) is 2. The summed E-state index contributed by atoms with van der Waals surface area (Å²) < 4.78 is 1.91. The van der Waals surface area contributed by atoms with Gasteiger partial charge in [-0.1, -0.05) is 36.4 Å². The lowest BCUT2D eigenvalue weighted by Gasteiger charge is -2.08. The second-order valence-corrected chi connectivity index (χ2v) is 5.24. The van der Waals surface area contributed by atoms with Crippen molar-refractivity contribution in [3.8, 4) is 0 Å².